The fraction of sp³-hybridized carbons (Fsp3) is 0.200. The SMILES string of the molecule is Cc1c(F)ccc(-c2noc(CN)n2)c1F. The zero-order chi connectivity index (χ0) is 11.7. The second-order valence-electron chi connectivity index (χ2n) is 3.25. The lowest BCUT2D eigenvalue weighted by Gasteiger charge is -2.01. The van der Waals surface area contributed by atoms with Crippen LogP contribution in [0.15, 0.2) is 16.7 Å². The summed E-state index contributed by atoms with van der Waals surface area (Å²) in [5.41, 5.74) is 5.31. The average Bonchev–Trinajstić information content (AvgIpc) is 2.74. The zero-order valence-electron chi connectivity index (χ0n) is 8.50. The lowest BCUT2D eigenvalue weighted by molar-refractivity contribution is 0.380. The summed E-state index contributed by atoms with van der Waals surface area (Å²) in [6, 6.07) is 2.43. The van der Waals surface area contributed by atoms with Crippen molar-refractivity contribution in [3.8, 4) is 11.4 Å². The van der Waals surface area contributed by atoms with Gasteiger partial charge in [0.25, 0.3) is 0 Å². The predicted octanol–water partition coefficient (Wildman–Crippen LogP) is 1.78. The molecular formula is C10H9F2N3O. The van der Waals surface area contributed by atoms with Crippen molar-refractivity contribution in [2.75, 3.05) is 0 Å². The molecule has 0 saturated carbocycles. The Balaban J connectivity index is 2.52. The molecular weight excluding hydrogens is 216 g/mol. The zero-order valence-corrected chi connectivity index (χ0v) is 8.50. The maximum absolute atomic E-state index is 13.7. The Morgan fingerprint density at radius 2 is 2.12 bits per heavy atom. The van der Waals surface area contributed by atoms with Gasteiger partial charge in [-0.3, -0.25) is 0 Å². The van der Waals surface area contributed by atoms with Crippen LogP contribution in [0.25, 0.3) is 11.4 Å². The standard InChI is InChI=1S/C10H9F2N3O/c1-5-7(11)3-2-6(9(5)12)10-14-8(4-13)16-15-10/h2-3H,4,13H2,1H3. The third-order valence-electron chi connectivity index (χ3n) is 2.20. The largest absolute Gasteiger partial charge is 0.338 e. The smallest absolute Gasteiger partial charge is 0.240 e. The summed E-state index contributed by atoms with van der Waals surface area (Å²) in [6.45, 7) is 1.42. The van der Waals surface area contributed by atoms with Gasteiger partial charge in [-0.1, -0.05) is 5.16 Å². The van der Waals surface area contributed by atoms with Crippen LogP contribution in [-0.2, 0) is 6.54 Å². The van der Waals surface area contributed by atoms with Gasteiger partial charge in [-0.05, 0) is 19.1 Å². The van der Waals surface area contributed by atoms with Gasteiger partial charge in [0.1, 0.15) is 11.6 Å². The minimum atomic E-state index is -0.690. The Hall–Kier alpha value is -1.82. The van der Waals surface area contributed by atoms with Gasteiger partial charge in [0.15, 0.2) is 0 Å². The van der Waals surface area contributed by atoms with Crippen molar-refractivity contribution in [3.05, 3.63) is 35.2 Å². The van der Waals surface area contributed by atoms with Gasteiger partial charge in [0, 0.05) is 5.56 Å². The van der Waals surface area contributed by atoms with Gasteiger partial charge in [-0.15, -0.1) is 0 Å². The minimum absolute atomic E-state index is 0.0704. The number of aromatic nitrogens is 2. The molecule has 2 aromatic rings. The second kappa shape index (κ2) is 3.97. The van der Waals surface area contributed by atoms with Crippen LogP contribution in [0.5, 0.6) is 0 Å². The highest BCUT2D eigenvalue weighted by Gasteiger charge is 2.15. The monoisotopic (exact) mass is 225 g/mol. The topological polar surface area (TPSA) is 64.9 Å². The molecule has 0 atom stereocenters. The first-order valence-corrected chi connectivity index (χ1v) is 4.61. The Labute approximate surface area is 90.1 Å². The summed E-state index contributed by atoms with van der Waals surface area (Å²) in [5.74, 6) is -1.02. The molecule has 0 saturated heterocycles. The molecule has 2 N–H and O–H groups in total. The predicted molar refractivity (Wildman–Crippen MR) is 52.3 cm³/mol. The van der Waals surface area contributed by atoms with Crippen molar-refractivity contribution in [2.24, 2.45) is 5.73 Å². The number of benzene rings is 1. The van der Waals surface area contributed by atoms with E-state index in [-0.39, 0.29) is 29.4 Å². The van der Waals surface area contributed by atoms with Crippen LogP contribution in [-0.4, -0.2) is 10.1 Å². The van der Waals surface area contributed by atoms with Gasteiger partial charge in [-0.2, -0.15) is 4.98 Å². The molecule has 0 bridgehead atoms. The number of nitrogens with two attached hydrogens (primary N) is 1. The van der Waals surface area contributed by atoms with Gasteiger partial charge < -0.3 is 10.3 Å². The molecule has 0 aliphatic rings. The number of hydrogen-bond acceptors (Lipinski definition) is 4. The highest BCUT2D eigenvalue weighted by molar-refractivity contribution is 5.56. The van der Waals surface area contributed by atoms with Crippen LogP contribution in [0.2, 0.25) is 0 Å². The number of nitrogens with zero attached hydrogens (tertiary/aromatic N) is 2. The summed E-state index contributed by atoms with van der Waals surface area (Å²) in [7, 11) is 0. The van der Waals surface area contributed by atoms with E-state index < -0.39 is 11.6 Å². The van der Waals surface area contributed by atoms with Crippen LogP contribution in [0, 0.1) is 18.6 Å². The molecule has 1 aromatic carbocycles. The third-order valence-corrected chi connectivity index (χ3v) is 2.20. The number of hydrogen-bond donors (Lipinski definition) is 1. The van der Waals surface area contributed by atoms with E-state index >= 15 is 0 Å². The molecule has 1 aromatic heterocycles. The van der Waals surface area contributed by atoms with Crippen molar-refractivity contribution in [1.29, 1.82) is 0 Å². The molecule has 6 heteroatoms. The molecule has 0 aliphatic heterocycles. The van der Waals surface area contributed by atoms with E-state index in [9.17, 15) is 8.78 Å². The molecule has 4 nitrogen and oxygen atoms in total. The Kier molecular flexibility index (Phi) is 2.66. The maximum Gasteiger partial charge on any atom is 0.240 e. The van der Waals surface area contributed by atoms with E-state index in [0.717, 1.165) is 6.07 Å². The summed E-state index contributed by atoms with van der Waals surface area (Å²) in [6.07, 6.45) is 0. The molecule has 84 valence electrons. The fourth-order valence-corrected chi connectivity index (χ4v) is 1.28. The maximum atomic E-state index is 13.7. The highest BCUT2D eigenvalue weighted by atomic mass is 19.1. The van der Waals surface area contributed by atoms with Gasteiger partial charge in [0.2, 0.25) is 11.7 Å². The van der Waals surface area contributed by atoms with Crippen LogP contribution in [0.1, 0.15) is 11.5 Å². The quantitative estimate of drug-likeness (QED) is 0.846. The Bertz CT molecular complexity index is 525. The Morgan fingerprint density at radius 1 is 1.38 bits per heavy atom. The van der Waals surface area contributed by atoms with Crippen LogP contribution < -0.4 is 5.73 Å². The van der Waals surface area contributed by atoms with Crippen molar-refractivity contribution >= 4 is 0 Å². The second-order valence-corrected chi connectivity index (χ2v) is 3.25. The van der Waals surface area contributed by atoms with E-state index in [1.165, 1.54) is 13.0 Å². The van der Waals surface area contributed by atoms with E-state index in [1.54, 1.807) is 0 Å². The summed E-state index contributed by atoms with van der Waals surface area (Å²) in [4.78, 5) is 3.87. The molecule has 0 unspecified atom stereocenters. The lowest BCUT2D eigenvalue weighted by atomic mass is 10.1. The molecule has 0 amide bonds. The van der Waals surface area contributed by atoms with Gasteiger partial charge >= 0.3 is 0 Å². The average molecular weight is 225 g/mol. The first kappa shape index (κ1) is 10.7. The normalized spacial score (nSPS) is 10.8. The first-order valence-electron chi connectivity index (χ1n) is 4.61. The molecule has 0 radical (unpaired) electrons. The molecule has 0 spiro atoms. The van der Waals surface area contributed by atoms with Crippen molar-refractivity contribution in [3.63, 3.8) is 0 Å². The minimum Gasteiger partial charge on any atom is -0.338 e. The van der Waals surface area contributed by atoms with Crippen molar-refractivity contribution in [2.45, 2.75) is 13.5 Å². The van der Waals surface area contributed by atoms with E-state index in [4.69, 9.17) is 10.3 Å². The molecule has 0 fully saturated rings. The third kappa shape index (κ3) is 1.67. The molecule has 1 heterocycles. The number of halogens is 2. The molecule has 2 rings (SSSR count). The van der Waals surface area contributed by atoms with Crippen LogP contribution in [0.3, 0.4) is 0 Å². The molecule has 16 heavy (non-hydrogen) atoms. The van der Waals surface area contributed by atoms with Gasteiger partial charge in [-0.25, -0.2) is 8.78 Å². The van der Waals surface area contributed by atoms with Crippen molar-refractivity contribution < 1.29 is 13.3 Å². The van der Waals surface area contributed by atoms with Crippen LogP contribution in [0.4, 0.5) is 8.78 Å². The first-order chi connectivity index (χ1) is 7.63. The van der Waals surface area contributed by atoms with E-state index in [1.807, 2.05) is 0 Å². The number of rotatable bonds is 2. The van der Waals surface area contributed by atoms with E-state index in [0.29, 0.717) is 0 Å². The summed E-state index contributed by atoms with van der Waals surface area (Å²) >= 11 is 0. The fourth-order valence-electron chi connectivity index (χ4n) is 1.28. The highest BCUT2D eigenvalue weighted by Crippen LogP contribution is 2.23. The molecule has 0 aliphatic carbocycles. The van der Waals surface area contributed by atoms with E-state index in [2.05, 4.69) is 10.1 Å². The Morgan fingerprint density at radius 3 is 2.75 bits per heavy atom. The summed E-state index contributed by atoms with van der Waals surface area (Å²) in [5, 5.41) is 3.56. The van der Waals surface area contributed by atoms with Gasteiger partial charge in [0.05, 0.1) is 12.1 Å². The lowest BCUT2D eigenvalue weighted by Crippen LogP contribution is -1.97. The van der Waals surface area contributed by atoms with Crippen LogP contribution >= 0.6 is 0 Å². The van der Waals surface area contributed by atoms with Crippen molar-refractivity contribution in [1.82, 2.24) is 10.1 Å². The summed E-state index contributed by atoms with van der Waals surface area (Å²) < 4.78 is 31.4.